The number of ketones is 3. The molecular formula is C87H95F2N9O12S3. The van der Waals surface area contributed by atoms with E-state index in [0.717, 1.165) is 96.8 Å². The summed E-state index contributed by atoms with van der Waals surface area (Å²) in [6.07, 6.45) is 2.18. The Morgan fingerprint density at radius 2 is 0.796 bits per heavy atom. The van der Waals surface area contributed by atoms with Gasteiger partial charge in [-0.1, -0.05) is 151 Å². The van der Waals surface area contributed by atoms with Crippen LogP contribution in [0.3, 0.4) is 0 Å². The van der Waals surface area contributed by atoms with Gasteiger partial charge in [-0.25, -0.2) is 29.6 Å². The number of alkyl halides is 2. The van der Waals surface area contributed by atoms with Gasteiger partial charge in [0.15, 0.2) is 17.3 Å². The molecule has 0 spiro atoms. The molecular weight excluding hydrogens is 1500 g/mol. The summed E-state index contributed by atoms with van der Waals surface area (Å²) in [5, 5.41) is 11.8. The quantitative estimate of drug-likeness (QED) is 0.0373. The van der Waals surface area contributed by atoms with E-state index in [1.54, 1.807) is 121 Å². The molecule has 113 heavy (non-hydrogen) atoms. The summed E-state index contributed by atoms with van der Waals surface area (Å²) < 4.78 is 111. The van der Waals surface area contributed by atoms with E-state index in [4.69, 9.17) is 0 Å². The summed E-state index contributed by atoms with van der Waals surface area (Å²) in [6, 6.07) is 59.8. The molecule has 9 aromatic rings. The maximum absolute atomic E-state index is 13.8. The van der Waals surface area contributed by atoms with Crippen LogP contribution in [0.1, 0.15) is 89.1 Å². The van der Waals surface area contributed by atoms with Crippen molar-refractivity contribution in [3.8, 4) is 0 Å². The van der Waals surface area contributed by atoms with E-state index in [1.807, 2.05) is 81.4 Å². The molecule has 1 fully saturated rings. The average molecular weight is 1590 g/mol. The highest BCUT2D eigenvalue weighted by molar-refractivity contribution is 7.93. The second kappa shape index (κ2) is 38.1. The lowest BCUT2D eigenvalue weighted by Gasteiger charge is -2.36. The van der Waals surface area contributed by atoms with Gasteiger partial charge < -0.3 is 26.2 Å². The van der Waals surface area contributed by atoms with E-state index in [2.05, 4.69) is 38.0 Å². The van der Waals surface area contributed by atoms with Crippen molar-refractivity contribution >= 4 is 99.3 Å². The van der Waals surface area contributed by atoms with Gasteiger partial charge in [0.1, 0.15) is 24.8 Å². The molecule has 9 aromatic carbocycles. The molecule has 0 radical (unpaired) electrons. The minimum atomic E-state index is -4.12. The van der Waals surface area contributed by atoms with Crippen molar-refractivity contribution in [2.24, 2.45) is 0 Å². The lowest BCUT2D eigenvalue weighted by molar-refractivity contribution is -0.126. The van der Waals surface area contributed by atoms with Crippen LogP contribution in [-0.4, -0.2) is 143 Å². The molecule has 0 bridgehead atoms. The van der Waals surface area contributed by atoms with Crippen LogP contribution in [0.25, 0.3) is 0 Å². The van der Waals surface area contributed by atoms with Crippen molar-refractivity contribution in [3.63, 3.8) is 0 Å². The lowest BCUT2D eigenvalue weighted by atomic mass is 9.94. The number of carbonyl (C=O) groups is 6. The van der Waals surface area contributed by atoms with Gasteiger partial charge in [0, 0.05) is 88.7 Å². The summed E-state index contributed by atoms with van der Waals surface area (Å²) in [7, 11) is -12.3. The van der Waals surface area contributed by atoms with Crippen molar-refractivity contribution in [2.75, 3.05) is 87.6 Å². The number of para-hydroxylation sites is 3. The second-order valence-electron chi connectivity index (χ2n) is 28.5. The molecule has 4 N–H and O–H groups in total. The molecule has 3 amide bonds. The maximum atomic E-state index is 13.8. The second-order valence-corrected chi connectivity index (χ2v) is 34.0. The molecule has 0 unspecified atom stereocenters. The third kappa shape index (κ3) is 20.9. The third-order valence-electron chi connectivity index (χ3n) is 20.3. The highest BCUT2D eigenvalue weighted by Crippen LogP contribution is 2.39. The highest BCUT2D eigenvalue weighted by Gasteiger charge is 2.45. The number of carbonyl (C=O) groups excluding carboxylic acids is 6. The fourth-order valence-electron chi connectivity index (χ4n) is 14.1. The molecule has 0 aliphatic carbocycles. The number of hydrogen-bond acceptors (Lipinski definition) is 15. The van der Waals surface area contributed by atoms with Crippen molar-refractivity contribution < 1.29 is 62.8 Å². The van der Waals surface area contributed by atoms with Gasteiger partial charge in [-0.3, -0.25) is 51.0 Å². The topological polar surface area (TPSA) is 269 Å². The van der Waals surface area contributed by atoms with E-state index in [9.17, 15) is 62.8 Å². The van der Waals surface area contributed by atoms with Crippen molar-refractivity contribution in [1.29, 1.82) is 0 Å². The van der Waals surface area contributed by atoms with Gasteiger partial charge in [-0.2, -0.15) is 0 Å². The number of nitrogens with zero attached hydrogens (tertiary/aromatic N) is 5. The van der Waals surface area contributed by atoms with Gasteiger partial charge in [-0.05, 0) is 171 Å². The Balaban J connectivity index is 0.000000168. The first-order valence-electron chi connectivity index (χ1n) is 37.9. The van der Waals surface area contributed by atoms with Gasteiger partial charge in [0.2, 0.25) is 17.7 Å². The number of aryl methyl sites for hydroxylation is 4. The van der Waals surface area contributed by atoms with Crippen molar-refractivity contribution in [2.45, 2.75) is 131 Å². The summed E-state index contributed by atoms with van der Waals surface area (Å²) in [5.74, 6) is -2.16. The number of hydrogen-bond donors (Lipinski definition) is 4. The Bertz CT molecular complexity index is 5190. The molecule has 0 saturated carbocycles. The first-order chi connectivity index (χ1) is 54.3. The van der Waals surface area contributed by atoms with Crippen LogP contribution in [0.2, 0.25) is 0 Å². The fourth-order valence-corrected chi connectivity index (χ4v) is 19.1. The molecule has 21 nitrogen and oxygen atoms in total. The zero-order valence-corrected chi connectivity index (χ0v) is 66.2. The molecule has 1 saturated heterocycles. The maximum Gasteiger partial charge on any atom is 0.265 e. The highest BCUT2D eigenvalue weighted by atomic mass is 32.2. The Morgan fingerprint density at radius 1 is 0.416 bits per heavy atom. The number of anilines is 6. The van der Waals surface area contributed by atoms with Crippen LogP contribution in [0.15, 0.2) is 233 Å². The zero-order chi connectivity index (χ0) is 80.4. The molecule has 3 atom stereocenters. The molecule has 26 heteroatoms. The number of fused-ring (bicyclic) bond motifs is 3. The number of sulfonamides is 3. The van der Waals surface area contributed by atoms with E-state index in [-0.39, 0.29) is 102 Å². The number of benzene rings is 9. The molecule has 4 aliphatic heterocycles. The zero-order valence-electron chi connectivity index (χ0n) is 63.8. The number of rotatable bonds is 27. The number of amides is 3. The minimum Gasteiger partial charge on any atom is -0.385 e. The number of Topliss-reactive ketones (excluding diaryl/α,β-unsaturated/α-hetero) is 3. The smallest absolute Gasteiger partial charge is 0.265 e. The molecule has 592 valence electrons. The average Bonchev–Trinajstić information content (AvgIpc) is 0.759. The fraction of sp³-hybridized carbons (Fsp3) is 0.310. The summed E-state index contributed by atoms with van der Waals surface area (Å²) in [6.45, 7) is 12.2. The predicted octanol–water partition coefficient (Wildman–Crippen LogP) is 12.4. The van der Waals surface area contributed by atoms with Gasteiger partial charge in [0.25, 0.3) is 30.1 Å². The first-order valence-corrected chi connectivity index (χ1v) is 42.3. The van der Waals surface area contributed by atoms with Crippen LogP contribution in [0, 0.1) is 20.8 Å². The van der Waals surface area contributed by atoms with Crippen LogP contribution < -0.4 is 39.1 Å². The molecule has 0 aromatic heterocycles. The number of halogens is 2. The standard InChI is InChI=1S/C30H33FN4O4S.C29H31FN2O4S.C28H31N3O4S/c1-22-6-12-26(13-7-22)40(38,39)35-27-5-3-2-4-23(27)20-29(36)28(35)21-30(37)32-24-8-10-25(11-9-24)34-18-16-33(15-14-31)17-19-34;1-21-8-14-25(15-9-21)37(35,36)32-26-7-3-2-6-24(26)19-28(33)27(32)20-29(34)31-18-16-23-12-10-22(11-13-23)5-4-17-30;1-3-16-29-23-12-10-21(11-13-23)19-30-28(33)18-26-27(32)17-22-6-4-5-7-25(22)31(26)36(34,35)24-14-8-20(2)9-15-24/h2-13,28H,14-21H2,1H3,(H,32,37);2-3,6-15,27H,4-5,16-20H2,1H3,(H,31,34);4-15,26,29H,3,16-19H2,1-2H3,(H,30,33)/t28-;27-;26-/m111/s1/i31-1;30-1;. The Hall–Kier alpha value is -10.9. The monoisotopic (exact) mass is 1590 g/mol. The molecule has 13 rings (SSSR count). The summed E-state index contributed by atoms with van der Waals surface area (Å²) >= 11 is 0. The van der Waals surface area contributed by atoms with Gasteiger partial charge in [-0.15, -0.1) is 0 Å². The van der Waals surface area contributed by atoms with E-state index in [1.165, 1.54) is 36.4 Å². The molecule has 4 heterocycles. The Morgan fingerprint density at radius 3 is 1.20 bits per heavy atom. The van der Waals surface area contributed by atoms with Gasteiger partial charge >= 0.3 is 0 Å². The SMILES string of the molecule is CCCNc1ccc(CNC(=O)C[C@@H]2C(=O)Cc3ccccc3N2S(=O)(=O)c2ccc(C)cc2)cc1.Cc1ccc(S(=O)(=O)N2c3ccccc3CC(=O)[C@H]2CC(=O)NCCc2ccc(CCC[18F])cc2)cc1.Cc1ccc(S(=O)(=O)N2c3ccccc3CC(=O)[C@H]2CC(=O)Nc2ccc(N3CCN(CC[18F])CC3)cc2)cc1. The summed E-state index contributed by atoms with van der Waals surface area (Å²) in [4.78, 5) is 83.0. The van der Waals surface area contributed by atoms with E-state index >= 15 is 0 Å². The summed E-state index contributed by atoms with van der Waals surface area (Å²) in [5.41, 5.74) is 11.5. The Kier molecular flexibility index (Phi) is 28.0. The van der Waals surface area contributed by atoms with Crippen LogP contribution >= 0.6 is 0 Å². The van der Waals surface area contributed by atoms with E-state index < -0.39 is 54.1 Å². The molecule has 4 aliphatic rings. The van der Waals surface area contributed by atoms with Gasteiger partial charge in [0.05, 0.1) is 57.7 Å². The van der Waals surface area contributed by atoms with Crippen LogP contribution in [-0.2, 0) is 97.5 Å². The van der Waals surface area contributed by atoms with Crippen molar-refractivity contribution in [1.82, 2.24) is 15.5 Å². The van der Waals surface area contributed by atoms with E-state index in [0.29, 0.717) is 71.8 Å². The van der Waals surface area contributed by atoms with Crippen LogP contribution in [0.4, 0.5) is 42.9 Å². The minimum absolute atomic E-state index is 0.0569. The van der Waals surface area contributed by atoms with Crippen molar-refractivity contribution in [3.05, 3.63) is 268 Å². The van der Waals surface area contributed by atoms with Crippen LogP contribution in [0.5, 0.6) is 0 Å². The lowest BCUT2D eigenvalue weighted by Crippen LogP contribution is -2.51. The normalized spacial score (nSPS) is 16.3. The third-order valence-corrected chi connectivity index (χ3v) is 25.8. The number of nitrogens with one attached hydrogen (secondary N) is 4. The number of piperazine rings is 1. The predicted molar refractivity (Wildman–Crippen MR) is 437 cm³/mol. The Labute approximate surface area is 661 Å². The largest absolute Gasteiger partial charge is 0.385 e. The first kappa shape index (κ1) is 83.0.